The molecular weight excluding hydrogens is 422 g/mol. The van der Waals surface area contributed by atoms with Crippen molar-refractivity contribution in [1.29, 1.82) is 0 Å². The first kappa shape index (κ1) is 23.5. The number of rotatable bonds is 8. The number of nitrogens with zero attached hydrogens (tertiary/aromatic N) is 3. The highest BCUT2D eigenvalue weighted by atomic mass is 35.5. The van der Waals surface area contributed by atoms with Crippen molar-refractivity contribution in [3.63, 3.8) is 0 Å². The van der Waals surface area contributed by atoms with Crippen molar-refractivity contribution < 1.29 is 9.21 Å². The number of hydrogen-bond donors (Lipinski definition) is 0. The Bertz CT molecular complexity index is 864. The van der Waals surface area contributed by atoms with E-state index in [1.165, 1.54) is 38.8 Å². The van der Waals surface area contributed by atoms with Crippen molar-refractivity contribution >= 4 is 17.4 Å². The molecule has 0 bridgehead atoms. The topological polar surface area (TPSA) is 49.6 Å². The molecule has 0 amide bonds. The number of oxazole rings is 1. The molecule has 0 saturated carbocycles. The van der Waals surface area contributed by atoms with Crippen LogP contribution in [0, 0.1) is 12.8 Å². The first-order valence-corrected chi connectivity index (χ1v) is 12.7. The summed E-state index contributed by atoms with van der Waals surface area (Å²) in [4.78, 5) is 22.4. The maximum Gasteiger partial charge on any atom is 0.226 e. The van der Waals surface area contributed by atoms with Crippen molar-refractivity contribution in [2.45, 2.75) is 64.8 Å². The fourth-order valence-electron chi connectivity index (χ4n) is 4.96. The number of piperidine rings is 1. The molecule has 0 aliphatic carbocycles. The van der Waals surface area contributed by atoms with E-state index >= 15 is 0 Å². The maximum absolute atomic E-state index is 12.7. The van der Waals surface area contributed by atoms with Crippen molar-refractivity contribution in [1.82, 2.24) is 14.8 Å². The lowest BCUT2D eigenvalue weighted by Gasteiger charge is -2.31. The zero-order chi connectivity index (χ0) is 22.3. The van der Waals surface area contributed by atoms with E-state index in [-0.39, 0.29) is 5.92 Å². The Labute approximate surface area is 197 Å². The number of carbonyl (C=O) groups is 1. The number of hydrogen-bond acceptors (Lipinski definition) is 5. The molecule has 5 nitrogen and oxygen atoms in total. The van der Waals surface area contributed by atoms with Gasteiger partial charge in [0.15, 0.2) is 0 Å². The Hall–Kier alpha value is -1.69. The summed E-state index contributed by atoms with van der Waals surface area (Å²) >= 11 is 5.98. The van der Waals surface area contributed by atoms with Crippen LogP contribution in [0.4, 0.5) is 0 Å². The normalized spacial score (nSPS) is 19.2. The number of aromatic nitrogens is 1. The summed E-state index contributed by atoms with van der Waals surface area (Å²) in [6, 6.07) is 7.57. The molecule has 0 radical (unpaired) electrons. The maximum atomic E-state index is 12.7. The van der Waals surface area contributed by atoms with Crippen molar-refractivity contribution in [2.75, 3.05) is 32.7 Å². The van der Waals surface area contributed by atoms with Gasteiger partial charge in [0.25, 0.3) is 0 Å². The highest BCUT2D eigenvalue weighted by Crippen LogP contribution is 2.26. The summed E-state index contributed by atoms with van der Waals surface area (Å²) in [5, 5.41) is 0.705. The number of likely N-dealkylation sites (tertiary alicyclic amines) is 2. The Kier molecular flexibility index (Phi) is 8.39. The summed E-state index contributed by atoms with van der Waals surface area (Å²) in [6.07, 6.45) is 9.05. The average molecular weight is 458 g/mol. The predicted octanol–water partition coefficient (Wildman–Crippen LogP) is 5.74. The average Bonchev–Trinajstić information content (AvgIpc) is 2.99. The first-order valence-electron chi connectivity index (χ1n) is 12.3. The molecule has 4 rings (SSSR count). The fourth-order valence-corrected chi connectivity index (χ4v) is 5.08. The van der Waals surface area contributed by atoms with E-state index in [9.17, 15) is 4.79 Å². The molecule has 0 N–H and O–H groups in total. The van der Waals surface area contributed by atoms with Crippen LogP contribution in [0.15, 0.2) is 28.7 Å². The molecule has 32 heavy (non-hydrogen) atoms. The van der Waals surface area contributed by atoms with E-state index in [1.54, 1.807) is 0 Å². The second kappa shape index (κ2) is 11.4. The van der Waals surface area contributed by atoms with Gasteiger partial charge in [-0.05, 0) is 96.0 Å². The van der Waals surface area contributed by atoms with Gasteiger partial charge in [-0.1, -0.05) is 24.4 Å². The van der Waals surface area contributed by atoms with Gasteiger partial charge in [-0.25, -0.2) is 4.98 Å². The van der Waals surface area contributed by atoms with Crippen LogP contribution in [0.2, 0.25) is 5.02 Å². The minimum absolute atomic E-state index is 0.235. The smallest absolute Gasteiger partial charge is 0.226 e. The molecule has 2 aromatic rings. The lowest BCUT2D eigenvalue weighted by Crippen LogP contribution is -2.36. The van der Waals surface area contributed by atoms with Crippen LogP contribution < -0.4 is 0 Å². The van der Waals surface area contributed by atoms with Crippen LogP contribution in [-0.4, -0.2) is 53.3 Å². The van der Waals surface area contributed by atoms with Crippen LogP contribution in [0.25, 0.3) is 11.5 Å². The van der Waals surface area contributed by atoms with Gasteiger partial charge in [0.1, 0.15) is 11.5 Å². The second-order valence-electron chi connectivity index (χ2n) is 9.40. The van der Waals surface area contributed by atoms with Gasteiger partial charge in [0.05, 0.1) is 5.69 Å². The third-order valence-electron chi connectivity index (χ3n) is 7.00. The van der Waals surface area contributed by atoms with Crippen LogP contribution in [0.1, 0.15) is 62.8 Å². The molecule has 174 valence electrons. The quantitative estimate of drug-likeness (QED) is 0.505. The molecule has 2 fully saturated rings. The third kappa shape index (κ3) is 6.43. The van der Waals surface area contributed by atoms with Gasteiger partial charge in [0.2, 0.25) is 5.89 Å². The van der Waals surface area contributed by atoms with E-state index in [0.717, 1.165) is 68.9 Å². The van der Waals surface area contributed by atoms with E-state index < -0.39 is 0 Å². The largest absolute Gasteiger partial charge is 0.441 e. The SMILES string of the molecule is Cc1oc(-c2ccc(Cl)cc2)nc1CN1CCC(C(=O)CCCN2CCCCCC2)CC1. The number of benzene rings is 1. The molecular formula is C26H36ClN3O2. The molecule has 0 atom stereocenters. The molecule has 2 saturated heterocycles. The Morgan fingerprint density at radius 3 is 2.41 bits per heavy atom. The highest BCUT2D eigenvalue weighted by molar-refractivity contribution is 6.30. The van der Waals surface area contributed by atoms with Gasteiger partial charge in [-0.15, -0.1) is 0 Å². The number of halogens is 1. The summed E-state index contributed by atoms with van der Waals surface area (Å²) in [7, 11) is 0. The summed E-state index contributed by atoms with van der Waals surface area (Å²) in [5.74, 6) is 2.21. The lowest BCUT2D eigenvalue weighted by atomic mass is 9.90. The molecule has 6 heteroatoms. The van der Waals surface area contributed by atoms with Crippen molar-refractivity contribution in [3.05, 3.63) is 40.7 Å². The van der Waals surface area contributed by atoms with Crippen molar-refractivity contribution in [3.8, 4) is 11.5 Å². The highest BCUT2D eigenvalue weighted by Gasteiger charge is 2.26. The number of carbonyl (C=O) groups excluding carboxylic acids is 1. The minimum Gasteiger partial charge on any atom is -0.441 e. The second-order valence-corrected chi connectivity index (χ2v) is 9.84. The fraction of sp³-hybridized carbons (Fsp3) is 0.615. The van der Waals surface area contributed by atoms with Gasteiger partial charge < -0.3 is 9.32 Å². The van der Waals surface area contributed by atoms with Gasteiger partial charge in [-0.2, -0.15) is 0 Å². The Balaban J connectivity index is 1.21. The summed E-state index contributed by atoms with van der Waals surface area (Å²) in [6.45, 7) is 8.17. The van der Waals surface area contributed by atoms with Crippen molar-refractivity contribution in [2.24, 2.45) is 5.92 Å². The monoisotopic (exact) mass is 457 g/mol. The van der Waals surface area contributed by atoms with Crippen LogP contribution in [-0.2, 0) is 11.3 Å². The molecule has 3 heterocycles. The molecule has 1 aromatic carbocycles. The number of aryl methyl sites for hydroxylation is 1. The predicted molar refractivity (Wildman–Crippen MR) is 129 cm³/mol. The molecule has 2 aliphatic heterocycles. The van der Waals surface area contributed by atoms with Crippen LogP contribution in [0.3, 0.4) is 0 Å². The molecule has 1 aromatic heterocycles. The lowest BCUT2D eigenvalue weighted by molar-refractivity contribution is -0.124. The molecule has 0 unspecified atom stereocenters. The number of ketones is 1. The Morgan fingerprint density at radius 2 is 1.72 bits per heavy atom. The van der Waals surface area contributed by atoms with Crippen LogP contribution in [0.5, 0.6) is 0 Å². The Morgan fingerprint density at radius 1 is 1.03 bits per heavy atom. The van der Waals surface area contributed by atoms with E-state index in [1.807, 2.05) is 31.2 Å². The van der Waals surface area contributed by atoms with Gasteiger partial charge >= 0.3 is 0 Å². The zero-order valence-electron chi connectivity index (χ0n) is 19.3. The van der Waals surface area contributed by atoms with E-state index in [0.29, 0.717) is 16.7 Å². The standard InChI is InChI=1S/C26H36ClN3O2/c1-20-24(28-26(32-20)22-8-10-23(27)11-9-22)19-30-17-12-21(13-18-30)25(31)7-6-16-29-14-4-2-3-5-15-29/h8-11,21H,2-7,12-19H2,1H3. The van der Waals surface area contributed by atoms with Crippen LogP contribution >= 0.6 is 11.6 Å². The molecule has 0 spiro atoms. The van der Waals surface area contributed by atoms with E-state index in [4.69, 9.17) is 21.0 Å². The molecule has 2 aliphatic rings. The summed E-state index contributed by atoms with van der Waals surface area (Å²) < 4.78 is 5.90. The number of Topliss-reactive ketones (excluding diaryl/α,β-unsaturated/α-hetero) is 1. The van der Waals surface area contributed by atoms with E-state index in [2.05, 4.69) is 9.80 Å². The minimum atomic E-state index is 0.235. The third-order valence-corrected chi connectivity index (χ3v) is 7.25. The van der Waals surface area contributed by atoms with Gasteiger partial charge in [-0.3, -0.25) is 9.69 Å². The van der Waals surface area contributed by atoms with Gasteiger partial charge in [0, 0.05) is 29.5 Å². The summed E-state index contributed by atoms with van der Waals surface area (Å²) in [5.41, 5.74) is 1.92. The first-order chi connectivity index (χ1) is 15.6. The zero-order valence-corrected chi connectivity index (χ0v) is 20.1.